The van der Waals surface area contributed by atoms with Gasteiger partial charge in [0.1, 0.15) is 6.61 Å². The summed E-state index contributed by atoms with van der Waals surface area (Å²) in [6, 6.07) is 9.19. The van der Waals surface area contributed by atoms with Crippen LogP contribution in [0.1, 0.15) is 37.8 Å². The number of amides is 1. The van der Waals surface area contributed by atoms with Gasteiger partial charge in [0.2, 0.25) is 0 Å². The summed E-state index contributed by atoms with van der Waals surface area (Å²) in [7, 11) is 2.22. The average Bonchev–Trinajstić information content (AvgIpc) is 3.16. The van der Waals surface area contributed by atoms with Crippen molar-refractivity contribution in [2.45, 2.75) is 38.3 Å². The minimum absolute atomic E-state index is 0.243. The highest BCUT2D eigenvalue weighted by molar-refractivity contribution is 5.89. The van der Waals surface area contributed by atoms with Crippen LogP contribution in [0.2, 0.25) is 0 Å². The standard InChI is InChI=1S/C18H27N3O2/c1-14(19-9-8-16-7-4-10-20(16)2)15-5-3-6-17(13-15)21-11-12-23-18(21)22/h3,5-6,13-14,16,19H,4,7-12H2,1-2H3/t14-,16-/m0/s1. The Hall–Kier alpha value is -1.59. The first kappa shape index (κ1) is 16.3. The van der Waals surface area contributed by atoms with Crippen molar-refractivity contribution in [1.29, 1.82) is 0 Å². The van der Waals surface area contributed by atoms with Crippen LogP contribution in [-0.4, -0.2) is 50.3 Å². The van der Waals surface area contributed by atoms with Gasteiger partial charge in [0.25, 0.3) is 0 Å². The minimum atomic E-state index is -0.243. The number of carbonyl (C=O) groups excluding carboxylic acids is 1. The molecule has 1 aromatic carbocycles. The Labute approximate surface area is 138 Å². The van der Waals surface area contributed by atoms with Crippen LogP contribution < -0.4 is 10.2 Å². The molecule has 2 aliphatic rings. The van der Waals surface area contributed by atoms with Crippen LogP contribution in [0, 0.1) is 0 Å². The maximum atomic E-state index is 11.7. The highest BCUT2D eigenvalue weighted by Gasteiger charge is 2.24. The van der Waals surface area contributed by atoms with Crippen molar-refractivity contribution < 1.29 is 9.53 Å². The first-order valence-corrected chi connectivity index (χ1v) is 8.63. The van der Waals surface area contributed by atoms with E-state index in [2.05, 4.69) is 36.3 Å². The predicted molar refractivity (Wildman–Crippen MR) is 91.8 cm³/mol. The van der Waals surface area contributed by atoms with E-state index < -0.39 is 0 Å². The van der Waals surface area contributed by atoms with Crippen LogP contribution >= 0.6 is 0 Å². The molecule has 2 saturated heterocycles. The molecule has 0 saturated carbocycles. The normalized spacial score (nSPS) is 23.3. The van der Waals surface area contributed by atoms with Gasteiger partial charge in [-0.2, -0.15) is 0 Å². The molecule has 0 spiro atoms. The van der Waals surface area contributed by atoms with Crippen molar-refractivity contribution in [2.24, 2.45) is 0 Å². The molecule has 0 radical (unpaired) electrons. The Morgan fingerprint density at radius 1 is 1.39 bits per heavy atom. The summed E-state index contributed by atoms with van der Waals surface area (Å²) in [5.41, 5.74) is 2.14. The fraction of sp³-hybridized carbons (Fsp3) is 0.611. The van der Waals surface area contributed by atoms with Crippen LogP contribution in [-0.2, 0) is 4.74 Å². The van der Waals surface area contributed by atoms with Crippen molar-refractivity contribution in [1.82, 2.24) is 10.2 Å². The van der Waals surface area contributed by atoms with E-state index >= 15 is 0 Å². The zero-order valence-corrected chi connectivity index (χ0v) is 14.1. The molecule has 5 nitrogen and oxygen atoms in total. The molecule has 23 heavy (non-hydrogen) atoms. The number of nitrogens with zero attached hydrogens (tertiary/aromatic N) is 2. The van der Waals surface area contributed by atoms with E-state index in [4.69, 9.17) is 4.74 Å². The Bertz CT molecular complexity index is 549. The first-order chi connectivity index (χ1) is 11.1. The highest BCUT2D eigenvalue weighted by Crippen LogP contribution is 2.23. The van der Waals surface area contributed by atoms with Crippen molar-refractivity contribution in [3.8, 4) is 0 Å². The third kappa shape index (κ3) is 3.85. The number of rotatable bonds is 6. The molecule has 0 unspecified atom stereocenters. The summed E-state index contributed by atoms with van der Waals surface area (Å²) >= 11 is 0. The molecule has 1 amide bonds. The average molecular weight is 317 g/mol. The summed E-state index contributed by atoms with van der Waals surface area (Å²) in [4.78, 5) is 15.9. The molecular formula is C18H27N3O2. The van der Waals surface area contributed by atoms with Gasteiger partial charge in [0.05, 0.1) is 6.54 Å². The number of hydrogen-bond donors (Lipinski definition) is 1. The van der Waals surface area contributed by atoms with Crippen molar-refractivity contribution in [3.63, 3.8) is 0 Å². The second kappa shape index (κ2) is 7.32. The maximum absolute atomic E-state index is 11.7. The number of carbonyl (C=O) groups is 1. The Balaban J connectivity index is 1.54. The number of likely N-dealkylation sites (tertiary alicyclic amines) is 1. The lowest BCUT2D eigenvalue weighted by Gasteiger charge is -2.22. The van der Waals surface area contributed by atoms with E-state index in [-0.39, 0.29) is 12.1 Å². The molecule has 0 aliphatic carbocycles. The minimum Gasteiger partial charge on any atom is -0.447 e. The van der Waals surface area contributed by atoms with Crippen LogP contribution in [0.15, 0.2) is 24.3 Å². The SMILES string of the molecule is C[C@H](NCC[C@@H]1CCCN1C)c1cccc(N2CCOC2=O)c1. The summed E-state index contributed by atoms with van der Waals surface area (Å²) in [5.74, 6) is 0. The lowest BCUT2D eigenvalue weighted by atomic mass is 10.1. The molecule has 2 heterocycles. The van der Waals surface area contributed by atoms with Gasteiger partial charge < -0.3 is 15.0 Å². The van der Waals surface area contributed by atoms with Gasteiger partial charge in [0, 0.05) is 17.8 Å². The molecule has 0 aromatic heterocycles. The van der Waals surface area contributed by atoms with Crippen LogP contribution in [0.5, 0.6) is 0 Å². The summed E-state index contributed by atoms with van der Waals surface area (Å²) in [5, 5.41) is 3.61. The topological polar surface area (TPSA) is 44.8 Å². The van der Waals surface area contributed by atoms with Crippen LogP contribution in [0.25, 0.3) is 0 Å². The van der Waals surface area contributed by atoms with Crippen molar-refractivity contribution >= 4 is 11.8 Å². The zero-order chi connectivity index (χ0) is 16.2. The lowest BCUT2D eigenvalue weighted by molar-refractivity contribution is 0.181. The van der Waals surface area contributed by atoms with E-state index in [1.54, 1.807) is 4.90 Å². The van der Waals surface area contributed by atoms with E-state index in [0.717, 1.165) is 18.3 Å². The Kier molecular flexibility index (Phi) is 5.18. The molecule has 5 heteroatoms. The quantitative estimate of drug-likeness (QED) is 0.876. The third-order valence-electron chi connectivity index (χ3n) is 5.04. The monoisotopic (exact) mass is 317 g/mol. The van der Waals surface area contributed by atoms with Gasteiger partial charge in [-0.25, -0.2) is 4.79 Å². The van der Waals surface area contributed by atoms with Gasteiger partial charge in [-0.15, -0.1) is 0 Å². The van der Waals surface area contributed by atoms with Gasteiger partial charge in [-0.3, -0.25) is 4.90 Å². The molecule has 1 aromatic rings. The number of benzene rings is 1. The van der Waals surface area contributed by atoms with Gasteiger partial charge in [-0.1, -0.05) is 12.1 Å². The number of cyclic esters (lactones) is 1. The largest absolute Gasteiger partial charge is 0.447 e. The summed E-state index contributed by atoms with van der Waals surface area (Å²) in [6.07, 6.45) is 3.59. The Morgan fingerprint density at radius 2 is 2.26 bits per heavy atom. The molecule has 1 N–H and O–H groups in total. The molecular weight excluding hydrogens is 290 g/mol. The summed E-state index contributed by atoms with van der Waals surface area (Å²) < 4.78 is 5.02. The predicted octanol–water partition coefficient (Wildman–Crippen LogP) is 2.78. The third-order valence-corrected chi connectivity index (χ3v) is 5.04. The van der Waals surface area contributed by atoms with Crippen molar-refractivity contribution in [2.75, 3.05) is 38.2 Å². The Morgan fingerprint density at radius 3 is 2.96 bits per heavy atom. The number of nitrogens with one attached hydrogen (secondary N) is 1. The van der Waals surface area contributed by atoms with Crippen molar-refractivity contribution in [3.05, 3.63) is 29.8 Å². The smallest absolute Gasteiger partial charge is 0.414 e. The maximum Gasteiger partial charge on any atom is 0.414 e. The van der Waals surface area contributed by atoms with Gasteiger partial charge >= 0.3 is 6.09 Å². The van der Waals surface area contributed by atoms with Gasteiger partial charge in [0.15, 0.2) is 0 Å². The van der Waals surface area contributed by atoms with E-state index in [9.17, 15) is 4.79 Å². The fourth-order valence-electron chi connectivity index (χ4n) is 3.52. The second-order valence-corrected chi connectivity index (χ2v) is 6.60. The lowest BCUT2D eigenvalue weighted by Crippen LogP contribution is -2.30. The summed E-state index contributed by atoms with van der Waals surface area (Å²) in [6.45, 7) is 5.55. The molecule has 2 aliphatic heterocycles. The van der Waals surface area contributed by atoms with Crippen LogP contribution in [0.4, 0.5) is 10.5 Å². The fourth-order valence-corrected chi connectivity index (χ4v) is 3.52. The molecule has 3 rings (SSSR count). The molecule has 2 atom stereocenters. The number of anilines is 1. The molecule has 2 fully saturated rings. The number of hydrogen-bond acceptors (Lipinski definition) is 4. The molecule has 126 valence electrons. The van der Waals surface area contributed by atoms with Crippen LogP contribution in [0.3, 0.4) is 0 Å². The zero-order valence-electron chi connectivity index (χ0n) is 14.1. The van der Waals surface area contributed by atoms with Gasteiger partial charge in [-0.05, 0) is 64.0 Å². The second-order valence-electron chi connectivity index (χ2n) is 6.60. The van der Waals surface area contributed by atoms with E-state index in [0.29, 0.717) is 13.2 Å². The number of ether oxygens (including phenoxy) is 1. The highest BCUT2D eigenvalue weighted by atomic mass is 16.6. The molecule has 0 bridgehead atoms. The first-order valence-electron chi connectivity index (χ1n) is 8.63. The van der Waals surface area contributed by atoms with E-state index in [1.165, 1.54) is 31.4 Å². The van der Waals surface area contributed by atoms with E-state index in [1.807, 2.05) is 12.1 Å².